The van der Waals surface area contributed by atoms with Crippen LogP contribution in [0.1, 0.15) is 194 Å². The number of nitrogens with one attached hydrogen (secondary N) is 1. The minimum atomic E-state index is -1.20. The van der Waals surface area contributed by atoms with Gasteiger partial charge in [0.05, 0.1) is 18.5 Å². The Hall–Kier alpha value is 1.04. The number of amides is 1. The molecule has 0 aromatic carbocycles. The third-order valence-electron chi connectivity index (χ3n) is 7.99. The molecule has 0 saturated heterocycles. The minimum Gasteiger partial charge on any atom is -0.549 e. The maximum absolute atomic E-state index is 11.6. The van der Waals surface area contributed by atoms with E-state index in [0.29, 0.717) is 12.8 Å². The van der Waals surface area contributed by atoms with E-state index >= 15 is 0 Å². The standard InChI is InChI=1S/C19H37NO3.C16H31O.C3H7NO2.3Na/c1-3-4-5-6-7-8-9-10-11-12-13-14-15-16-18(21)20(2)17-19(22)23;1-2-3-4-5-6-7-8-9-10-11-12-13-14-15-16-17;1-4-2-3(5)6;;;/h3-17H2,1-2H3,(H,22,23);2-15H2,1H3;4H,2H2,1H3,(H,5,6);;;/q;-1;;3*+1/p-2. The van der Waals surface area contributed by atoms with Gasteiger partial charge in [-0.05, 0) is 13.5 Å². The van der Waals surface area contributed by atoms with Crippen molar-refractivity contribution in [3.63, 3.8) is 0 Å². The van der Waals surface area contributed by atoms with E-state index in [1.54, 1.807) is 7.05 Å². The van der Waals surface area contributed by atoms with Crippen LogP contribution in [0, 0.1) is 0 Å². The largest absolute Gasteiger partial charge is 1.00 e. The molecule has 0 aliphatic carbocycles. The molecule has 0 aliphatic heterocycles. The Morgan fingerprint density at radius 3 is 1.08 bits per heavy atom. The van der Waals surface area contributed by atoms with E-state index in [1.165, 1.54) is 160 Å². The van der Waals surface area contributed by atoms with Gasteiger partial charge in [0, 0.05) is 20.0 Å². The smallest absolute Gasteiger partial charge is 0.549 e. The Bertz CT molecular complexity index is 675. The Balaban J connectivity index is -0.000000157. The van der Waals surface area contributed by atoms with E-state index < -0.39 is 11.9 Å². The van der Waals surface area contributed by atoms with Crippen molar-refractivity contribution in [3.05, 3.63) is 0 Å². The van der Waals surface area contributed by atoms with E-state index in [4.69, 9.17) is 0 Å². The summed E-state index contributed by atoms with van der Waals surface area (Å²) in [6, 6.07) is 0. The van der Waals surface area contributed by atoms with Crippen LogP contribution in [0.25, 0.3) is 0 Å². The van der Waals surface area contributed by atoms with Crippen molar-refractivity contribution in [2.75, 3.05) is 27.2 Å². The van der Waals surface area contributed by atoms with Crippen molar-refractivity contribution in [2.45, 2.75) is 194 Å². The third kappa shape index (κ3) is 64.4. The molecule has 0 aromatic rings. The molecule has 0 radical (unpaired) electrons. The molecule has 1 amide bonds. The van der Waals surface area contributed by atoms with Crippen LogP contribution in [0.2, 0.25) is 0 Å². The number of carbonyl (C=O) groups is 3. The molecule has 0 fully saturated rings. The molecule has 0 spiro atoms. The van der Waals surface area contributed by atoms with Crippen LogP contribution in [-0.2, 0) is 19.2 Å². The molecule has 11 heteroatoms. The van der Waals surface area contributed by atoms with Crippen molar-refractivity contribution >= 4 is 24.1 Å². The van der Waals surface area contributed by atoms with Gasteiger partial charge in [-0.3, -0.25) is 11.1 Å². The summed E-state index contributed by atoms with van der Waals surface area (Å²) in [4.78, 5) is 42.7. The second-order valence-corrected chi connectivity index (χ2v) is 12.7. The molecule has 0 rings (SSSR count). The fourth-order valence-electron chi connectivity index (χ4n) is 5.13. The van der Waals surface area contributed by atoms with E-state index in [2.05, 4.69) is 19.2 Å². The molecular formula is C38H73N2Na3O6. The zero-order chi connectivity index (χ0) is 34.9. The van der Waals surface area contributed by atoms with Crippen LogP contribution in [0.15, 0.2) is 0 Å². The van der Waals surface area contributed by atoms with Crippen molar-refractivity contribution in [1.82, 2.24) is 10.2 Å². The van der Waals surface area contributed by atoms with Crippen LogP contribution < -0.4 is 104 Å². The Morgan fingerprint density at radius 2 is 0.837 bits per heavy atom. The van der Waals surface area contributed by atoms with Gasteiger partial charge >= 0.3 is 88.7 Å². The summed E-state index contributed by atoms with van der Waals surface area (Å²) >= 11 is 0. The molecule has 0 saturated carbocycles. The second kappa shape index (κ2) is 55.8. The van der Waals surface area contributed by atoms with Crippen LogP contribution in [0.4, 0.5) is 0 Å². The monoisotopic (exact) mass is 723 g/mol. The first-order chi connectivity index (χ1) is 22.3. The molecule has 0 unspecified atom stereocenters. The fourth-order valence-corrected chi connectivity index (χ4v) is 5.13. The van der Waals surface area contributed by atoms with Crippen LogP contribution in [-0.4, -0.2) is 56.2 Å². The number of unbranched alkanes of at least 4 members (excludes halogenated alkanes) is 25. The van der Waals surface area contributed by atoms with Crippen LogP contribution in [0.5, 0.6) is 0 Å². The Morgan fingerprint density at radius 1 is 0.531 bits per heavy atom. The molecular weight excluding hydrogens is 649 g/mol. The van der Waals surface area contributed by atoms with E-state index in [-0.39, 0.29) is 108 Å². The zero-order valence-corrected chi connectivity index (χ0v) is 39.6. The summed E-state index contributed by atoms with van der Waals surface area (Å²) in [5, 5.41) is 22.2. The number of rotatable bonds is 32. The van der Waals surface area contributed by atoms with E-state index in [9.17, 15) is 29.4 Å². The quantitative estimate of drug-likeness (QED) is 0.0494. The minimum absolute atomic E-state index is 0. The summed E-state index contributed by atoms with van der Waals surface area (Å²) in [5.74, 6) is -2.37. The topological polar surface area (TPSA) is 130 Å². The van der Waals surface area contributed by atoms with Crippen molar-refractivity contribution in [3.8, 4) is 0 Å². The molecule has 1 N–H and O–H groups in total. The first-order valence-electron chi connectivity index (χ1n) is 18.9. The van der Waals surface area contributed by atoms with Gasteiger partial charge in [0.1, 0.15) is 0 Å². The normalized spacial score (nSPS) is 9.71. The summed E-state index contributed by atoms with van der Waals surface area (Å²) in [6.45, 7) is 4.14. The molecule has 274 valence electrons. The van der Waals surface area contributed by atoms with Gasteiger partial charge in [-0.1, -0.05) is 174 Å². The predicted molar refractivity (Wildman–Crippen MR) is 188 cm³/mol. The maximum atomic E-state index is 11.6. The number of nitrogens with zero attached hydrogens (tertiary/aromatic N) is 1. The van der Waals surface area contributed by atoms with Crippen LogP contribution >= 0.6 is 0 Å². The number of aliphatic carboxylic acids is 2. The van der Waals surface area contributed by atoms with Gasteiger partial charge in [0.2, 0.25) is 5.91 Å². The van der Waals surface area contributed by atoms with Gasteiger partial charge in [0.25, 0.3) is 0 Å². The Kier molecular flexibility index (Phi) is 70.6. The second-order valence-electron chi connectivity index (χ2n) is 12.7. The molecule has 0 aliphatic rings. The van der Waals surface area contributed by atoms with Gasteiger partial charge in [-0.25, -0.2) is 0 Å². The summed E-state index contributed by atoms with van der Waals surface area (Å²) < 4.78 is 0. The Labute approximate surface area is 369 Å². The molecule has 49 heavy (non-hydrogen) atoms. The number of carbonyl (C=O) groups excluding carboxylic acids is 4. The van der Waals surface area contributed by atoms with Crippen molar-refractivity contribution < 1.29 is 118 Å². The predicted octanol–water partition coefficient (Wildman–Crippen LogP) is -1.78. The molecule has 8 nitrogen and oxygen atoms in total. The molecule has 0 atom stereocenters. The molecule has 0 aromatic heterocycles. The van der Waals surface area contributed by atoms with Gasteiger partial charge in [-0.2, -0.15) is 6.42 Å². The summed E-state index contributed by atoms with van der Waals surface area (Å²) in [7, 11) is 3.07. The first kappa shape index (κ1) is 62.0. The van der Waals surface area contributed by atoms with Crippen molar-refractivity contribution in [1.29, 1.82) is 0 Å². The SMILES string of the molecule is CCCCCCCCCCCCCCCC(=O)N(C)CC(=O)[O-].CCCCCCCCCCCCCCC[C-]=O.CNCC(=O)[O-].[Na+].[Na+].[Na+]. The summed E-state index contributed by atoms with van der Waals surface area (Å²) in [5.41, 5.74) is 0. The van der Waals surface area contributed by atoms with Gasteiger partial charge in [0.15, 0.2) is 0 Å². The number of hydrogen-bond acceptors (Lipinski definition) is 7. The summed E-state index contributed by atoms with van der Waals surface area (Å²) in [6.07, 6.45) is 37.3. The number of carboxylic acids is 2. The van der Waals surface area contributed by atoms with E-state index in [0.717, 1.165) is 19.3 Å². The number of hydrogen-bond donors (Lipinski definition) is 1. The average molecular weight is 723 g/mol. The van der Waals surface area contributed by atoms with Gasteiger partial charge < -0.3 is 34.8 Å². The third-order valence-corrected chi connectivity index (χ3v) is 7.99. The van der Waals surface area contributed by atoms with Gasteiger partial charge in [-0.15, -0.1) is 0 Å². The van der Waals surface area contributed by atoms with E-state index in [1.807, 2.05) is 6.29 Å². The fraction of sp³-hybridized carbons (Fsp3) is 0.895. The average Bonchev–Trinajstić information content (AvgIpc) is 3.02. The number of likely N-dealkylation sites (N-methyl/N-ethyl adjacent to an activating group) is 2. The zero-order valence-electron chi connectivity index (χ0n) is 33.6. The number of carboxylic acid groups (broad SMARTS) is 2. The first-order valence-corrected chi connectivity index (χ1v) is 18.9. The molecule has 0 heterocycles. The molecule has 0 bridgehead atoms. The van der Waals surface area contributed by atoms with Crippen LogP contribution in [0.3, 0.4) is 0 Å². The maximum Gasteiger partial charge on any atom is 1.00 e. The van der Waals surface area contributed by atoms with Crippen molar-refractivity contribution in [2.24, 2.45) is 0 Å².